The first kappa shape index (κ1) is 15.7. The van der Waals surface area contributed by atoms with Gasteiger partial charge in [0.1, 0.15) is 0 Å². The Morgan fingerprint density at radius 3 is 2.57 bits per heavy atom. The highest BCUT2D eigenvalue weighted by molar-refractivity contribution is 7.10. The molecule has 120 valence electrons. The van der Waals surface area contributed by atoms with E-state index in [0.29, 0.717) is 0 Å². The number of carbonyl (C=O) groups is 2. The van der Waals surface area contributed by atoms with E-state index in [1.807, 2.05) is 35.7 Å². The second-order valence-corrected chi connectivity index (χ2v) is 6.80. The van der Waals surface area contributed by atoms with E-state index < -0.39 is 0 Å². The fourth-order valence-electron chi connectivity index (χ4n) is 2.46. The van der Waals surface area contributed by atoms with Crippen molar-refractivity contribution in [2.75, 3.05) is 6.54 Å². The van der Waals surface area contributed by atoms with E-state index in [0.717, 1.165) is 24.1 Å². The molecule has 1 aliphatic carbocycles. The monoisotopic (exact) mass is 328 g/mol. The molecule has 1 atom stereocenters. The van der Waals surface area contributed by atoms with Crippen LogP contribution >= 0.6 is 11.3 Å². The number of benzene rings is 1. The van der Waals surface area contributed by atoms with Gasteiger partial charge >= 0.3 is 0 Å². The summed E-state index contributed by atoms with van der Waals surface area (Å²) in [5.41, 5.74) is 1.17. The molecule has 0 saturated heterocycles. The van der Waals surface area contributed by atoms with E-state index >= 15 is 0 Å². The summed E-state index contributed by atoms with van der Waals surface area (Å²) in [6, 6.07) is 14.0. The molecule has 4 nitrogen and oxygen atoms in total. The summed E-state index contributed by atoms with van der Waals surface area (Å²) in [6.07, 6.45) is 2.63. The van der Waals surface area contributed by atoms with Gasteiger partial charge in [-0.15, -0.1) is 11.3 Å². The van der Waals surface area contributed by atoms with Crippen LogP contribution in [0, 0.1) is 5.92 Å². The second-order valence-electron chi connectivity index (χ2n) is 5.82. The summed E-state index contributed by atoms with van der Waals surface area (Å²) in [6.45, 7) is 0.0476. The van der Waals surface area contributed by atoms with Crippen LogP contribution in [0.5, 0.6) is 0 Å². The third-order valence-electron chi connectivity index (χ3n) is 3.88. The van der Waals surface area contributed by atoms with Crippen molar-refractivity contribution in [3.63, 3.8) is 0 Å². The van der Waals surface area contributed by atoms with Gasteiger partial charge in [0.25, 0.3) is 0 Å². The van der Waals surface area contributed by atoms with Crippen LogP contribution in [0.4, 0.5) is 0 Å². The number of thiophene rings is 1. The van der Waals surface area contributed by atoms with E-state index in [-0.39, 0.29) is 30.3 Å². The number of hydrogen-bond acceptors (Lipinski definition) is 3. The lowest BCUT2D eigenvalue weighted by Gasteiger charge is -2.18. The zero-order valence-corrected chi connectivity index (χ0v) is 13.6. The fraction of sp³-hybridized carbons (Fsp3) is 0.333. The van der Waals surface area contributed by atoms with Gasteiger partial charge in [0, 0.05) is 10.8 Å². The maximum Gasteiger partial charge on any atom is 0.239 e. The third kappa shape index (κ3) is 4.66. The van der Waals surface area contributed by atoms with Crippen LogP contribution in [-0.4, -0.2) is 18.4 Å². The van der Waals surface area contributed by atoms with Crippen LogP contribution in [0.25, 0.3) is 0 Å². The maximum absolute atomic E-state index is 12.2. The van der Waals surface area contributed by atoms with Crippen molar-refractivity contribution >= 4 is 23.2 Å². The molecular formula is C18H20N2O2S. The minimum absolute atomic E-state index is 0.00381. The highest BCUT2D eigenvalue weighted by Gasteiger charge is 2.29. The van der Waals surface area contributed by atoms with Crippen molar-refractivity contribution in [1.29, 1.82) is 0 Å². The average molecular weight is 328 g/mol. The largest absolute Gasteiger partial charge is 0.347 e. The maximum atomic E-state index is 12.2. The van der Waals surface area contributed by atoms with Crippen molar-refractivity contribution in [1.82, 2.24) is 10.6 Å². The molecule has 0 aliphatic heterocycles. The predicted molar refractivity (Wildman–Crippen MR) is 91.1 cm³/mol. The molecule has 1 fully saturated rings. The van der Waals surface area contributed by atoms with Gasteiger partial charge in [-0.3, -0.25) is 9.59 Å². The summed E-state index contributed by atoms with van der Waals surface area (Å²) >= 11 is 1.63. The molecule has 0 radical (unpaired) electrons. The quantitative estimate of drug-likeness (QED) is 0.821. The Kier molecular flexibility index (Phi) is 5.08. The molecule has 23 heavy (non-hydrogen) atoms. The Balaban J connectivity index is 1.59. The van der Waals surface area contributed by atoms with E-state index in [4.69, 9.17) is 0 Å². The van der Waals surface area contributed by atoms with Crippen LogP contribution < -0.4 is 10.6 Å². The number of hydrogen-bond donors (Lipinski definition) is 2. The molecule has 5 heteroatoms. The number of rotatable bonds is 7. The van der Waals surface area contributed by atoms with Gasteiger partial charge in [-0.25, -0.2) is 0 Å². The molecule has 1 aromatic carbocycles. The van der Waals surface area contributed by atoms with Crippen molar-refractivity contribution in [3.8, 4) is 0 Å². The van der Waals surface area contributed by atoms with Gasteiger partial charge in [0.05, 0.1) is 12.6 Å². The SMILES string of the molecule is O=C(CNC(=O)C1CC1)N[C@H](Cc1ccccc1)c1cccs1. The summed E-state index contributed by atoms with van der Waals surface area (Å²) in [5.74, 6) is -0.0237. The first-order chi connectivity index (χ1) is 11.2. The molecule has 0 bridgehead atoms. The van der Waals surface area contributed by atoms with Crippen molar-refractivity contribution in [2.45, 2.75) is 25.3 Å². The van der Waals surface area contributed by atoms with E-state index in [1.165, 1.54) is 5.56 Å². The van der Waals surface area contributed by atoms with Gasteiger partial charge in [0.15, 0.2) is 0 Å². The van der Waals surface area contributed by atoms with Crippen molar-refractivity contribution in [2.24, 2.45) is 5.92 Å². The number of nitrogens with one attached hydrogen (secondary N) is 2. The number of carbonyl (C=O) groups excluding carboxylic acids is 2. The van der Waals surface area contributed by atoms with E-state index in [2.05, 4.69) is 22.8 Å². The van der Waals surface area contributed by atoms with E-state index in [1.54, 1.807) is 11.3 Å². The Labute approximate surface area is 139 Å². The highest BCUT2D eigenvalue weighted by atomic mass is 32.1. The highest BCUT2D eigenvalue weighted by Crippen LogP contribution is 2.28. The van der Waals surface area contributed by atoms with Gasteiger partial charge in [-0.05, 0) is 36.3 Å². The Morgan fingerprint density at radius 1 is 1.13 bits per heavy atom. The van der Waals surface area contributed by atoms with Gasteiger partial charge in [-0.1, -0.05) is 36.4 Å². The van der Waals surface area contributed by atoms with Crippen LogP contribution in [0.3, 0.4) is 0 Å². The zero-order valence-electron chi connectivity index (χ0n) is 12.8. The summed E-state index contributed by atoms with van der Waals surface area (Å²) in [4.78, 5) is 24.9. The van der Waals surface area contributed by atoms with E-state index in [9.17, 15) is 9.59 Å². The lowest BCUT2D eigenvalue weighted by Crippen LogP contribution is -2.39. The topological polar surface area (TPSA) is 58.2 Å². The summed E-state index contributed by atoms with van der Waals surface area (Å²) in [5, 5.41) is 7.76. The molecule has 1 aromatic heterocycles. The molecular weight excluding hydrogens is 308 g/mol. The molecule has 1 saturated carbocycles. The predicted octanol–water partition coefficient (Wildman–Crippen LogP) is 2.67. The lowest BCUT2D eigenvalue weighted by molar-refractivity contribution is -0.127. The molecule has 2 aromatic rings. The fourth-order valence-corrected chi connectivity index (χ4v) is 3.24. The van der Waals surface area contributed by atoms with Crippen molar-refractivity contribution < 1.29 is 9.59 Å². The Morgan fingerprint density at radius 2 is 1.91 bits per heavy atom. The minimum Gasteiger partial charge on any atom is -0.347 e. The molecule has 2 amide bonds. The summed E-state index contributed by atoms with van der Waals surface area (Å²) < 4.78 is 0. The van der Waals surface area contributed by atoms with Crippen molar-refractivity contribution in [3.05, 3.63) is 58.3 Å². The minimum atomic E-state index is -0.145. The van der Waals surface area contributed by atoms with Gasteiger partial charge in [0.2, 0.25) is 11.8 Å². The zero-order chi connectivity index (χ0) is 16.1. The standard InChI is InChI=1S/C18H20N2O2S/c21-17(12-19-18(22)14-8-9-14)20-15(16-7-4-10-23-16)11-13-5-2-1-3-6-13/h1-7,10,14-15H,8-9,11-12H2,(H,19,22)(H,20,21)/t15-/m1/s1. The lowest BCUT2D eigenvalue weighted by atomic mass is 10.0. The normalized spacial score (nSPS) is 15.0. The number of amides is 2. The average Bonchev–Trinajstić information content (AvgIpc) is 3.28. The van der Waals surface area contributed by atoms with Gasteiger partial charge < -0.3 is 10.6 Å². The van der Waals surface area contributed by atoms with Crippen LogP contribution in [0.15, 0.2) is 47.8 Å². The van der Waals surface area contributed by atoms with Crippen LogP contribution in [0.1, 0.15) is 29.3 Å². The molecule has 1 heterocycles. The molecule has 1 aliphatic rings. The Bertz CT molecular complexity index is 651. The molecule has 2 N–H and O–H groups in total. The van der Waals surface area contributed by atoms with Crippen LogP contribution in [-0.2, 0) is 16.0 Å². The first-order valence-corrected chi connectivity index (χ1v) is 8.75. The van der Waals surface area contributed by atoms with Crippen LogP contribution in [0.2, 0.25) is 0 Å². The smallest absolute Gasteiger partial charge is 0.239 e. The molecule has 3 rings (SSSR count). The molecule has 0 unspecified atom stereocenters. The molecule has 0 spiro atoms. The first-order valence-electron chi connectivity index (χ1n) is 7.87. The second kappa shape index (κ2) is 7.42. The summed E-state index contributed by atoms with van der Waals surface area (Å²) in [7, 11) is 0. The third-order valence-corrected chi connectivity index (χ3v) is 4.86. The Hall–Kier alpha value is -2.14. The van der Waals surface area contributed by atoms with Gasteiger partial charge in [-0.2, -0.15) is 0 Å².